The molecule has 3 aromatic rings. The number of rotatable bonds is 10. The molecule has 0 saturated carbocycles. The minimum atomic E-state index is -0.245. The first kappa shape index (κ1) is 28.4. The van der Waals surface area contributed by atoms with Gasteiger partial charge in [0.2, 0.25) is 0 Å². The van der Waals surface area contributed by atoms with E-state index in [0.717, 1.165) is 42.0 Å². The molecule has 1 aliphatic carbocycles. The highest BCUT2D eigenvalue weighted by Gasteiger charge is 2.22. The molecule has 0 bridgehead atoms. The average Bonchev–Trinajstić information content (AvgIpc) is 3.31. The number of likely N-dealkylation sites (N-methyl/N-ethyl adjacent to an activating group) is 2. The third kappa shape index (κ3) is 6.69. The topological polar surface area (TPSA) is 83.4 Å². The Bertz CT molecular complexity index is 1450. The molecule has 4 rings (SSSR count). The van der Waals surface area contributed by atoms with E-state index in [0.29, 0.717) is 28.6 Å². The molecule has 206 valence electrons. The highest BCUT2D eigenvalue weighted by Crippen LogP contribution is 2.28. The van der Waals surface area contributed by atoms with Crippen LogP contribution in [0.2, 0.25) is 0 Å². The molecule has 0 spiro atoms. The molecule has 1 amide bonds. The lowest BCUT2D eigenvalue weighted by molar-refractivity contribution is -0.115. The highest BCUT2D eigenvalue weighted by atomic mass is 16.2. The van der Waals surface area contributed by atoms with Gasteiger partial charge in [-0.2, -0.15) is 5.10 Å². The number of nitrogens with one attached hydrogen (secondary N) is 1. The van der Waals surface area contributed by atoms with Gasteiger partial charge in [0.15, 0.2) is 11.4 Å². The third-order valence-corrected chi connectivity index (χ3v) is 7.05. The minimum absolute atomic E-state index is 0.0633. The Morgan fingerprint density at radius 3 is 2.59 bits per heavy atom. The van der Waals surface area contributed by atoms with E-state index >= 15 is 0 Å². The van der Waals surface area contributed by atoms with Crippen LogP contribution in [-0.4, -0.2) is 77.0 Å². The van der Waals surface area contributed by atoms with Crippen LogP contribution in [-0.2, 0) is 11.3 Å². The first-order valence-electron chi connectivity index (χ1n) is 13.5. The van der Waals surface area contributed by atoms with Crippen molar-refractivity contribution in [2.75, 3.05) is 40.8 Å². The number of pyridine rings is 1. The van der Waals surface area contributed by atoms with E-state index in [4.69, 9.17) is 4.98 Å². The number of aromatic nitrogens is 3. The summed E-state index contributed by atoms with van der Waals surface area (Å²) < 4.78 is 1.85. The van der Waals surface area contributed by atoms with Gasteiger partial charge in [-0.25, -0.2) is 9.67 Å². The van der Waals surface area contributed by atoms with Crippen molar-refractivity contribution in [1.29, 1.82) is 0 Å². The zero-order chi connectivity index (χ0) is 28.3. The summed E-state index contributed by atoms with van der Waals surface area (Å²) in [6.45, 7) is 10.9. The number of ketones is 1. The molecule has 2 aromatic heterocycles. The average molecular weight is 529 g/mol. The summed E-state index contributed by atoms with van der Waals surface area (Å²) in [6, 6.07) is 10.2. The Hall–Kier alpha value is -3.62. The number of Topliss-reactive ketones (excluding diaryl/α,β-unsaturated/α-hetero) is 1. The summed E-state index contributed by atoms with van der Waals surface area (Å²) in [5.41, 5.74) is 6.62. The van der Waals surface area contributed by atoms with Gasteiger partial charge in [-0.15, -0.1) is 0 Å². The third-order valence-electron chi connectivity index (χ3n) is 7.05. The Morgan fingerprint density at radius 1 is 1.13 bits per heavy atom. The molecular weight excluding hydrogens is 488 g/mol. The molecule has 0 saturated heterocycles. The monoisotopic (exact) mass is 528 g/mol. The maximum Gasteiger partial charge on any atom is 0.252 e. The van der Waals surface area contributed by atoms with Crippen molar-refractivity contribution in [3.8, 4) is 11.3 Å². The largest absolute Gasteiger partial charge is 0.348 e. The van der Waals surface area contributed by atoms with Gasteiger partial charge >= 0.3 is 0 Å². The van der Waals surface area contributed by atoms with Crippen LogP contribution in [0.25, 0.3) is 22.3 Å². The number of carbonyl (C=O) groups is 2. The summed E-state index contributed by atoms with van der Waals surface area (Å²) in [5.74, 6) is -0.181. The molecule has 8 heteroatoms. The van der Waals surface area contributed by atoms with Crippen molar-refractivity contribution in [2.24, 2.45) is 0 Å². The summed E-state index contributed by atoms with van der Waals surface area (Å²) >= 11 is 0. The predicted molar refractivity (Wildman–Crippen MR) is 157 cm³/mol. The molecule has 0 radical (unpaired) electrons. The zero-order valence-electron chi connectivity index (χ0n) is 24.2. The van der Waals surface area contributed by atoms with E-state index in [1.165, 1.54) is 5.56 Å². The number of allylic oxidation sites excluding steroid dienone is 3. The molecule has 8 nitrogen and oxygen atoms in total. The van der Waals surface area contributed by atoms with Gasteiger partial charge in [0.25, 0.3) is 5.91 Å². The van der Waals surface area contributed by atoms with Crippen molar-refractivity contribution < 1.29 is 9.59 Å². The molecule has 0 aliphatic heterocycles. The standard InChI is InChI=1S/C31H40N6O2/c1-20(2)37-30-27(18-33-37)25(31(39)32-17-26-22(4)13-21(3)14-29(26)38)16-28(34-30)24-10-8-9-23(15-24)19-36(7)12-11-35(5)6/h8-10,13,15-16,18,20H,11-12,14,17,19H2,1-7H3,(H,32,39). The fraction of sp³-hybridized carbons (Fsp3) is 0.419. The van der Waals surface area contributed by atoms with Crippen LogP contribution in [0.3, 0.4) is 0 Å². The van der Waals surface area contributed by atoms with E-state index in [-0.39, 0.29) is 24.3 Å². The number of amides is 1. The van der Waals surface area contributed by atoms with Gasteiger partial charge in [0, 0.05) is 49.8 Å². The summed E-state index contributed by atoms with van der Waals surface area (Å²) in [7, 11) is 6.28. The van der Waals surface area contributed by atoms with Crippen molar-refractivity contribution in [3.05, 3.63) is 70.5 Å². The summed E-state index contributed by atoms with van der Waals surface area (Å²) in [5, 5.41) is 8.23. The minimum Gasteiger partial charge on any atom is -0.348 e. The Morgan fingerprint density at radius 2 is 1.90 bits per heavy atom. The van der Waals surface area contributed by atoms with Gasteiger partial charge in [-0.3, -0.25) is 9.59 Å². The van der Waals surface area contributed by atoms with Crippen LogP contribution in [0.5, 0.6) is 0 Å². The van der Waals surface area contributed by atoms with E-state index < -0.39 is 0 Å². The van der Waals surface area contributed by atoms with Gasteiger partial charge in [0.05, 0.1) is 22.8 Å². The molecule has 0 fully saturated rings. The maximum absolute atomic E-state index is 13.5. The van der Waals surface area contributed by atoms with Gasteiger partial charge in [-0.1, -0.05) is 29.8 Å². The lowest BCUT2D eigenvalue weighted by Gasteiger charge is -2.19. The molecule has 2 heterocycles. The van der Waals surface area contributed by atoms with Crippen molar-refractivity contribution in [1.82, 2.24) is 29.9 Å². The quantitative estimate of drug-likeness (QED) is 0.413. The lowest BCUT2D eigenvalue weighted by Crippen LogP contribution is -2.29. The molecule has 0 unspecified atom stereocenters. The normalized spacial score (nSPS) is 14.2. The fourth-order valence-electron chi connectivity index (χ4n) is 4.91. The van der Waals surface area contributed by atoms with Crippen LogP contribution in [0.15, 0.2) is 59.3 Å². The number of carbonyl (C=O) groups excluding carboxylic acids is 2. The van der Waals surface area contributed by atoms with Crippen LogP contribution < -0.4 is 5.32 Å². The van der Waals surface area contributed by atoms with Crippen LogP contribution >= 0.6 is 0 Å². The number of hydrogen-bond acceptors (Lipinski definition) is 6. The zero-order valence-corrected chi connectivity index (χ0v) is 24.2. The van der Waals surface area contributed by atoms with E-state index in [1.54, 1.807) is 6.20 Å². The van der Waals surface area contributed by atoms with E-state index in [2.05, 4.69) is 53.5 Å². The van der Waals surface area contributed by atoms with Crippen LogP contribution in [0.4, 0.5) is 0 Å². The molecule has 39 heavy (non-hydrogen) atoms. The van der Waals surface area contributed by atoms with Gasteiger partial charge < -0.3 is 15.1 Å². The predicted octanol–water partition coefficient (Wildman–Crippen LogP) is 4.64. The van der Waals surface area contributed by atoms with Crippen LogP contribution in [0.1, 0.15) is 56.1 Å². The highest BCUT2D eigenvalue weighted by molar-refractivity contribution is 6.07. The van der Waals surface area contributed by atoms with Crippen molar-refractivity contribution in [2.45, 2.75) is 46.7 Å². The molecular formula is C31H40N6O2. The SMILES string of the molecule is CC1=CC(C)=C(CNC(=O)c2cc(-c3cccc(CN(C)CCN(C)C)c3)nc3c2cnn3C(C)C)C(=O)C1. The summed E-state index contributed by atoms with van der Waals surface area (Å²) in [4.78, 5) is 35.6. The van der Waals surface area contributed by atoms with Crippen molar-refractivity contribution in [3.63, 3.8) is 0 Å². The number of nitrogens with zero attached hydrogens (tertiary/aromatic N) is 5. The first-order valence-corrected chi connectivity index (χ1v) is 13.5. The molecule has 1 aromatic carbocycles. The smallest absolute Gasteiger partial charge is 0.252 e. The van der Waals surface area contributed by atoms with E-state index in [9.17, 15) is 9.59 Å². The second-order valence-corrected chi connectivity index (χ2v) is 11.2. The van der Waals surface area contributed by atoms with Crippen molar-refractivity contribution >= 4 is 22.7 Å². The van der Waals surface area contributed by atoms with Gasteiger partial charge in [0.1, 0.15) is 0 Å². The molecule has 1 aliphatic rings. The second-order valence-electron chi connectivity index (χ2n) is 11.2. The number of hydrogen-bond donors (Lipinski definition) is 1. The van der Waals surface area contributed by atoms with Crippen LogP contribution in [0, 0.1) is 0 Å². The second kappa shape index (κ2) is 12.1. The fourth-order valence-corrected chi connectivity index (χ4v) is 4.91. The van der Waals surface area contributed by atoms with Gasteiger partial charge in [-0.05, 0) is 72.1 Å². The number of benzene rings is 1. The Labute approximate surface area is 231 Å². The lowest BCUT2D eigenvalue weighted by atomic mass is 9.92. The van der Waals surface area contributed by atoms with E-state index in [1.807, 2.05) is 56.7 Å². The molecule has 0 atom stereocenters. The number of fused-ring (bicyclic) bond motifs is 1. The summed E-state index contributed by atoms with van der Waals surface area (Å²) in [6.07, 6.45) is 4.12. The molecule has 1 N–H and O–H groups in total. The Balaban J connectivity index is 1.67. The first-order chi connectivity index (χ1) is 18.5. The Kier molecular flexibility index (Phi) is 8.77. The maximum atomic E-state index is 13.5.